The molecule has 4 heterocycles. The number of fused-ring (bicyclic) bond motifs is 4. The van der Waals surface area contributed by atoms with Crippen LogP contribution in [0.2, 0.25) is 0 Å². The van der Waals surface area contributed by atoms with Crippen molar-refractivity contribution in [3.05, 3.63) is 133 Å². The van der Waals surface area contributed by atoms with E-state index in [9.17, 15) is 37.1 Å². The van der Waals surface area contributed by atoms with Gasteiger partial charge in [-0.15, -0.1) is 47.0 Å². The maximum absolute atomic E-state index is 11.5. The predicted molar refractivity (Wildman–Crippen MR) is 237 cm³/mol. The van der Waals surface area contributed by atoms with Crippen LogP contribution in [-0.4, -0.2) is 71.4 Å². The molecule has 8 rings (SSSR count). The summed E-state index contributed by atoms with van der Waals surface area (Å²) in [7, 11) is 0. The van der Waals surface area contributed by atoms with Crippen molar-refractivity contribution in [1.82, 2.24) is 10.6 Å². The molecule has 10 nitrogen and oxygen atoms in total. The van der Waals surface area contributed by atoms with Gasteiger partial charge in [0.25, 0.3) is 11.8 Å². The van der Waals surface area contributed by atoms with Crippen molar-refractivity contribution in [1.29, 1.82) is 0 Å². The SMILES string of the molecule is CC(=O)C(F)(F)F.Cc1ccc2c(c1)C(=O)CCS2.Cc1ccc2c(c1)C(=O)CCS2.Cc1ccc2c(c1)C(=O)NCCS2.Cc1ccc2c(c1)C(=O)NCCS2.[N-]=[N+]=[N-].[Na+]. The Morgan fingerprint density at radius 3 is 1.11 bits per heavy atom. The van der Waals surface area contributed by atoms with Crippen LogP contribution in [0.5, 0.6) is 0 Å². The molecule has 0 fully saturated rings. The second-order valence-electron chi connectivity index (χ2n) is 13.4. The van der Waals surface area contributed by atoms with Crippen molar-refractivity contribution in [2.45, 2.75) is 73.2 Å². The van der Waals surface area contributed by atoms with Gasteiger partial charge in [-0.3, -0.25) is 28.9 Å². The minimum atomic E-state index is -4.64. The molecule has 0 bridgehead atoms. The van der Waals surface area contributed by atoms with Crippen LogP contribution in [0.15, 0.2) is 92.4 Å². The number of carbonyl (C=O) groups excluding carboxylic acids is 5. The molecule has 0 saturated carbocycles. The van der Waals surface area contributed by atoms with Crippen molar-refractivity contribution >= 4 is 76.2 Å². The molecule has 0 atom stereocenters. The average Bonchev–Trinajstić information content (AvgIpc) is 3.50. The monoisotopic (exact) mass is 919 g/mol. The van der Waals surface area contributed by atoms with Crippen molar-refractivity contribution in [2.24, 2.45) is 0 Å². The Labute approximate surface area is 393 Å². The van der Waals surface area contributed by atoms with E-state index < -0.39 is 12.0 Å². The van der Waals surface area contributed by atoms with E-state index in [1.807, 2.05) is 88.4 Å². The number of amides is 2. The van der Waals surface area contributed by atoms with Gasteiger partial charge in [-0.05, 0) is 76.2 Å². The first-order valence-electron chi connectivity index (χ1n) is 18.6. The third-order valence-electron chi connectivity index (χ3n) is 8.49. The van der Waals surface area contributed by atoms with Gasteiger partial charge < -0.3 is 21.7 Å². The van der Waals surface area contributed by atoms with Crippen molar-refractivity contribution < 1.29 is 66.7 Å². The average molecular weight is 920 g/mol. The zero-order chi connectivity index (χ0) is 44.4. The van der Waals surface area contributed by atoms with Crippen LogP contribution in [0.1, 0.15) is 83.5 Å². The maximum Gasteiger partial charge on any atom is 1.00 e. The Morgan fingerprint density at radius 2 is 0.820 bits per heavy atom. The summed E-state index contributed by atoms with van der Waals surface area (Å²) in [6.45, 7) is 10.1. The van der Waals surface area contributed by atoms with Crippen molar-refractivity contribution in [3.63, 3.8) is 0 Å². The van der Waals surface area contributed by atoms with Gasteiger partial charge in [0.15, 0.2) is 11.6 Å². The summed E-state index contributed by atoms with van der Waals surface area (Å²) in [5.74, 6) is 2.76. The van der Waals surface area contributed by atoms with Gasteiger partial charge in [0, 0.05) is 86.6 Å². The number of nitrogens with one attached hydrogen (secondary N) is 2. The van der Waals surface area contributed by atoms with Crippen LogP contribution in [0.25, 0.3) is 16.0 Å². The number of hydrogen-bond acceptors (Lipinski definition) is 9. The smallest absolute Gasteiger partial charge is 0.373 e. The van der Waals surface area contributed by atoms with Gasteiger partial charge in [0.2, 0.25) is 5.78 Å². The molecule has 2 N–H and O–H groups in total. The minimum absolute atomic E-state index is 0. The molecule has 0 radical (unpaired) electrons. The minimum Gasteiger partial charge on any atom is -0.373 e. The van der Waals surface area contributed by atoms with Gasteiger partial charge in [-0.2, -0.15) is 13.2 Å². The van der Waals surface area contributed by atoms with Gasteiger partial charge in [0.05, 0.1) is 11.1 Å². The van der Waals surface area contributed by atoms with Crippen LogP contribution in [0, 0.1) is 27.7 Å². The van der Waals surface area contributed by atoms with E-state index >= 15 is 0 Å². The van der Waals surface area contributed by atoms with Gasteiger partial charge in [-0.25, -0.2) is 0 Å². The van der Waals surface area contributed by atoms with Gasteiger partial charge in [-0.1, -0.05) is 46.5 Å². The van der Waals surface area contributed by atoms with E-state index in [4.69, 9.17) is 11.1 Å². The third kappa shape index (κ3) is 17.9. The fraction of sp³-hybridized carbons (Fsp3) is 0.326. The molecule has 2 amide bonds. The van der Waals surface area contributed by atoms with Crippen molar-refractivity contribution in [3.8, 4) is 0 Å². The van der Waals surface area contributed by atoms with E-state index in [1.54, 1.807) is 47.0 Å². The number of aryl methyl sites for hydroxylation is 4. The number of benzene rings is 4. The van der Waals surface area contributed by atoms with Crippen LogP contribution >= 0.6 is 47.0 Å². The van der Waals surface area contributed by atoms with E-state index in [0.717, 1.165) is 89.1 Å². The van der Waals surface area contributed by atoms with Crippen LogP contribution in [0.3, 0.4) is 0 Å². The van der Waals surface area contributed by atoms with Crippen LogP contribution in [-0.2, 0) is 4.79 Å². The number of thioether (sulfide) groups is 4. The van der Waals surface area contributed by atoms with E-state index in [2.05, 4.69) is 22.8 Å². The predicted octanol–water partition coefficient (Wildman–Crippen LogP) is 8.02. The van der Waals surface area contributed by atoms with E-state index in [1.165, 1.54) is 16.0 Å². The first-order valence-corrected chi connectivity index (χ1v) is 22.5. The van der Waals surface area contributed by atoms with Gasteiger partial charge in [0.1, 0.15) is 0 Å². The first-order chi connectivity index (χ1) is 28.4. The van der Waals surface area contributed by atoms with E-state index in [-0.39, 0.29) is 41.4 Å². The molecule has 0 aromatic heterocycles. The Bertz CT molecular complexity index is 2100. The number of alkyl halides is 3. The van der Waals surface area contributed by atoms with E-state index in [0.29, 0.717) is 31.3 Å². The standard InChI is InChI=1S/2C10H11NOS.2C10H10OS.C3H3F3O.N3.Na/c2*1-7-2-3-9-8(6-7)10(12)11-4-5-13-9;2*1-7-2-3-10-8(6-7)9(11)4-5-12-10;1-2(7)3(4,5)6;1-3-2;/h2*2-3,6H,4-5H2,1H3,(H,11,12);2*2-3,6H,4-5H2,1H3;1H3;;/q;;;;;-1;+1. The Hall–Kier alpha value is -3.67. The Balaban J connectivity index is 0.000000260. The summed E-state index contributed by atoms with van der Waals surface area (Å²) in [4.78, 5) is 61.3. The Kier molecular flexibility index (Phi) is 23.4. The molecular weight excluding hydrogens is 875 g/mol. The molecule has 18 heteroatoms. The molecule has 0 unspecified atom stereocenters. The zero-order valence-corrected chi connectivity index (χ0v) is 40.0. The summed E-state index contributed by atoms with van der Waals surface area (Å²) in [5.41, 5.74) is 21.6. The molecule has 4 aliphatic rings. The molecular formula is C43H45F3N5NaO5S4. The molecule has 0 saturated heterocycles. The largest absolute Gasteiger partial charge is 1.00 e. The summed E-state index contributed by atoms with van der Waals surface area (Å²) in [5, 5.41) is 5.74. The second-order valence-corrected chi connectivity index (χ2v) is 17.9. The summed E-state index contributed by atoms with van der Waals surface area (Å²) in [6.07, 6.45) is -3.25. The Morgan fingerprint density at radius 1 is 0.557 bits per heavy atom. The van der Waals surface area contributed by atoms with Crippen LogP contribution < -0.4 is 40.2 Å². The fourth-order valence-electron chi connectivity index (χ4n) is 5.49. The second kappa shape index (κ2) is 26.7. The molecule has 4 aromatic carbocycles. The number of rotatable bonds is 0. The summed E-state index contributed by atoms with van der Waals surface area (Å²) in [6, 6.07) is 24.2. The molecule has 4 aromatic rings. The number of hydrogen-bond donors (Lipinski definition) is 2. The third-order valence-corrected chi connectivity index (χ3v) is 12.8. The molecule has 0 spiro atoms. The number of halogens is 3. The first kappa shape index (κ1) is 53.5. The van der Waals surface area contributed by atoms with Gasteiger partial charge >= 0.3 is 35.7 Å². The summed E-state index contributed by atoms with van der Waals surface area (Å²) < 4.78 is 32.5. The fourth-order valence-corrected chi connectivity index (χ4v) is 9.28. The normalized spacial score (nSPS) is 14.5. The van der Waals surface area contributed by atoms with Crippen LogP contribution in [0.4, 0.5) is 13.2 Å². The number of Topliss-reactive ketones (excluding diaryl/α,β-unsaturated/α-hetero) is 3. The quantitative estimate of drug-likeness (QED) is 0.0769. The molecule has 4 aliphatic heterocycles. The zero-order valence-electron chi connectivity index (χ0n) is 34.7. The maximum atomic E-state index is 11.5. The van der Waals surface area contributed by atoms with Crippen molar-refractivity contribution in [2.75, 3.05) is 36.1 Å². The molecule has 318 valence electrons. The summed E-state index contributed by atoms with van der Waals surface area (Å²) >= 11 is 7.04. The number of carbonyl (C=O) groups is 5. The molecule has 61 heavy (non-hydrogen) atoms. The molecule has 0 aliphatic carbocycles. The number of ketones is 3. The topological polar surface area (TPSA) is 168 Å². The number of nitrogens with zero attached hydrogens (tertiary/aromatic N) is 3.